The SMILES string of the molecule is CCOC(=O)Nc1nc2nc(=S)[nH]c(C)c2[nH]1. The number of anilines is 1. The van der Waals surface area contributed by atoms with Crippen LogP contribution in [0.4, 0.5) is 10.7 Å². The van der Waals surface area contributed by atoms with Crippen molar-refractivity contribution in [2.45, 2.75) is 13.8 Å². The highest BCUT2D eigenvalue weighted by Gasteiger charge is 2.09. The van der Waals surface area contributed by atoms with Crippen LogP contribution in [0.15, 0.2) is 0 Å². The van der Waals surface area contributed by atoms with Crippen LogP contribution in [0.2, 0.25) is 0 Å². The van der Waals surface area contributed by atoms with Crippen molar-refractivity contribution >= 4 is 35.4 Å². The third kappa shape index (κ3) is 2.41. The zero-order valence-corrected chi connectivity index (χ0v) is 10.1. The van der Waals surface area contributed by atoms with Crippen molar-refractivity contribution in [2.75, 3.05) is 11.9 Å². The zero-order chi connectivity index (χ0) is 12.4. The average Bonchev–Trinajstić information content (AvgIpc) is 2.60. The lowest BCUT2D eigenvalue weighted by Gasteiger charge is -2.00. The van der Waals surface area contributed by atoms with E-state index in [1.54, 1.807) is 6.92 Å². The first kappa shape index (κ1) is 11.5. The van der Waals surface area contributed by atoms with Crippen molar-refractivity contribution in [3.05, 3.63) is 10.5 Å². The third-order valence-electron chi connectivity index (χ3n) is 2.06. The molecule has 0 saturated heterocycles. The summed E-state index contributed by atoms with van der Waals surface area (Å²) < 4.78 is 5.09. The lowest BCUT2D eigenvalue weighted by molar-refractivity contribution is 0.167. The zero-order valence-electron chi connectivity index (χ0n) is 9.33. The highest BCUT2D eigenvalue weighted by Crippen LogP contribution is 2.14. The Hall–Kier alpha value is -1.96. The fourth-order valence-electron chi connectivity index (χ4n) is 1.38. The van der Waals surface area contributed by atoms with E-state index in [0.717, 1.165) is 5.69 Å². The molecule has 2 aromatic rings. The van der Waals surface area contributed by atoms with Gasteiger partial charge in [-0.1, -0.05) is 0 Å². The quantitative estimate of drug-likeness (QED) is 0.710. The van der Waals surface area contributed by atoms with Gasteiger partial charge < -0.3 is 14.7 Å². The molecule has 0 bridgehead atoms. The molecule has 7 nitrogen and oxygen atoms in total. The minimum Gasteiger partial charge on any atom is -0.450 e. The van der Waals surface area contributed by atoms with Crippen molar-refractivity contribution in [3.8, 4) is 0 Å². The molecule has 0 atom stereocenters. The largest absolute Gasteiger partial charge is 0.450 e. The Bertz CT molecular complexity index is 617. The monoisotopic (exact) mass is 253 g/mol. The summed E-state index contributed by atoms with van der Waals surface area (Å²) in [5.74, 6) is 0.281. The summed E-state index contributed by atoms with van der Waals surface area (Å²) in [6.07, 6.45) is -0.563. The summed E-state index contributed by atoms with van der Waals surface area (Å²) in [6.45, 7) is 3.86. The molecule has 0 aliphatic rings. The van der Waals surface area contributed by atoms with Crippen LogP contribution in [0.25, 0.3) is 11.2 Å². The minimum absolute atomic E-state index is 0.281. The van der Waals surface area contributed by atoms with E-state index < -0.39 is 6.09 Å². The number of carbonyl (C=O) groups is 1. The van der Waals surface area contributed by atoms with Crippen molar-refractivity contribution in [1.29, 1.82) is 0 Å². The number of hydrogen-bond acceptors (Lipinski definition) is 5. The van der Waals surface area contributed by atoms with Gasteiger partial charge in [0, 0.05) is 5.69 Å². The van der Waals surface area contributed by atoms with Crippen molar-refractivity contribution in [3.63, 3.8) is 0 Å². The molecule has 2 rings (SSSR count). The number of aryl methyl sites for hydroxylation is 1. The summed E-state index contributed by atoms with van der Waals surface area (Å²) in [5.41, 5.74) is 1.97. The van der Waals surface area contributed by atoms with Gasteiger partial charge >= 0.3 is 6.09 Å². The second kappa shape index (κ2) is 4.50. The van der Waals surface area contributed by atoms with E-state index in [-0.39, 0.29) is 5.95 Å². The second-order valence-corrected chi connectivity index (χ2v) is 3.68. The van der Waals surface area contributed by atoms with E-state index in [0.29, 0.717) is 22.5 Å². The normalized spacial score (nSPS) is 10.5. The van der Waals surface area contributed by atoms with E-state index in [2.05, 4.69) is 25.3 Å². The fourth-order valence-corrected chi connectivity index (χ4v) is 1.62. The number of carbonyl (C=O) groups excluding carboxylic acids is 1. The summed E-state index contributed by atoms with van der Waals surface area (Å²) in [5, 5.41) is 2.46. The van der Waals surface area contributed by atoms with Crippen molar-refractivity contribution in [1.82, 2.24) is 19.9 Å². The Morgan fingerprint density at radius 3 is 2.94 bits per heavy atom. The van der Waals surface area contributed by atoms with Gasteiger partial charge in [0.2, 0.25) is 5.95 Å². The number of aromatic amines is 2. The summed E-state index contributed by atoms with van der Waals surface area (Å²) in [7, 11) is 0. The van der Waals surface area contributed by atoms with Gasteiger partial charge in [0.15, 0.2) is 10.4 Å². The summed E-state index contributed by atoms with van der Waals surface area (Å²) in [4.78, 5) is 25.1. The van der Waals surface area contributed by atoms with Gasteiger partial charge in [0.05, 0.1) is 6.61 Å². The maximum Gasteiger partial charge on any atom is 0.413 e. The van der Waals surface area contributed by atoms with Gasteiger partial charge in [-0.05, 0) is 26.1 Å². The van der Waals surface area contributed by atoms with Crippen LogP contribution in [-0.4, -0.2) is 32.6 Å². The molecular weight excluding hydrogens is 242 g/mol. The number of hydrogen-bond donors (Lipinski definition) is 3. The Labute approximate surface area is 102 Å². The number of fused-ring (bicyclic) bond motifs is 1. The molecule has 0 aliphatic carbocycles. The van der Waals surface area contributed by atoms with Crippen LogP contribution in [0.3, 0.4) is 0 Å². The predicted molar refractivity (Wildman–Crippen MR) is 64.5 cm³/mol. The first-order valence-corrected chi connectivity index (χ1v) is 5.41. The molecule has 2 heterocycles. The average molecular weight is 253 g/mol. The Morgan fingerprint density at radius 1 is 1.47 bits per heavy atom. The molecule has 0 spiro atoms. The molecule has 17 heavy (non-hydrogen) atoms. The molecule has 0 unspecified atom stereocenters. The number of amides is 1. The molecule has 8 heteroatoms. The van der Waals surface area contributed by atoms with Gasteiger partial charge in [-0.3, -0.25) is 5.32 Å². The van der Waals surface area contributed by atoms with Gasteiger partial charge in [-0.25, -0.2) is 4.79 Å². The molecule has 2 aromatic heterocycles. The fraction of sp³-hybridized carbons (Fsp3) is 0.333. The predicted octanol–water partition coefficient (Wildman–Crippen LogP) is 1.89. The smallest absolute Gasteiger partial charge is 0.413 e. The molecule has 3 N–H and O–H groups in total. The van der Waals surface area contributed by atoms with Crippen LogP contribution in [0, 0.1) is 11.7 Å². The molecule has 0 aliphatic heterocycles. The summed E-state index contributed by atoms with van der Waals surface area (Å²) in [6, 6.07) is 0. The summed E-state index contributed by atoms with van der Waals surface area (Å²) >= 11 is 4.93. The third-order valence-corrected chi connectivity index (χ3v) is 2.25. The lowest BCUT2D eigenvalue weighted by atomic mass is 10.4. The number of ether oxygens (including phenoxy) is 1. The van der Waals surface area contributed by atoms with E-state index in [1.807, 2.05) is 6.92 Å². The molecule has 0 aromatic carbocycles. The minimum atomic E-state index is -0.563. The van der Waals surface area contributed by atoms with Crippen LogP contribution in [0.5, 0.6) is 0 Å². The lowest BCUT2D eigenvalue weighted by Crippen LogP contribution is -2.14. The van der Waals surface area contributed by atoms with Gasteiger partial charge in [-0.2, -0.15) is 9.97 Å². The topological polar surface area (TPSA) is 95.7 Å². The van der Waals surface area contributed by atoms with Crippen molar-refractivity contribution < 1.29 is 9.53 Å². The van der Waals surface area contributed by atoms with Crippen LogP contribution >= 0.6 is 12.2 Å². The number of aromatic nitrogens is 4. The van der Waals surface area contributed by atoms with Crippen LogP contribution < -0.4 is 5.32 Å². The standard InChI is InChI=1S/C9H11N5O2S/c1-3-16-9(15)14-7-11-5-4(2)10-8(17)13-6(5)12-7/h3H2,1-2H3,(H3,10,11,12,13,14,15,17). The molecule has 1 amide bonds. The molecule has 90 valence electrons. The Kier molecular flexibility index (Phi) is 3.05. The number of imidazole rings is 1. The Balaban J connectivity index is 2.35. The maximum absolute atomic E-state index is 11.2. The Morgan fingerprint density at radius 2 is 2.24 bits per heavy atom. The second-order valence-electron chi connectivity index (χ2n) is 3.30. The molecule has 0 fully saturated rings. The van der Waals surface area contributed by atoms with Crippen LogP contribution in [0.1, 0.15) is 12.6 Å². The van der Waals surface area contributed by atoms with Gasteiger partial charge in [0.1, 0.15) is 5.52 Å². The van der Waals surface area contributed by atoms with E-state index in [1.165, 1.54) is 0 Å². The van der Waals surface area contributed by atoms with E-state index in [4.69, 9.17) is 17.0 Å². The van der Waals surface area contributed by atoms with E-state index >= 15 is 0 Å². The van der Waals surface area contributed by atoms with Crippen molar-refractivity contribution in [2.24, 2.45) is 0 Å². The number of nitrogens with one attached hydrogen (secondary N) is 3. The van der Waals surface area contributed by atoms with Gasteiger partial charge in [-0.15, -0.1) is 0 Å². The van der Waals surface area contributed by atoms with Crippen LogP contribution in [-0.2, 0) is 4.74 Å². The number of H-pyrrole nitrogens is 2. The molecular formula is C9H11N5O2S. The molecule has 0 radical (unpaired) electrons. The number of rotatable bonds is 2. The number of nitrogens with zero attached hydrogens (tertiary/aromatic N) is 2. The highest BCUT2D eigenvalue weighted by atomic mass is 32.1. The first-order valence-electron chi connectivity index (χ1n) is 5.00. The highest BCUT2D eigenvalue weighted by molar-refractivity contribution is 7.71. The molecule has 0 saturated carbocycles. The van der Waals surface area contributed by atoms with Gasteiger partial charge in [0.25, 0.3) is 0 Å². The first-order chi connectivity index (χ1) is 8.10. The maximum atomic E-state index is 11.2. The van der Waals surface area contributed by atoms with E-state index in [9.17, 15) is 4.79 Å².